The number of carbonyl (C=O) groups is 2. The number of hydrogen-bond acceptors (Lipinski definition) is 4. The molecule has 2 heterocycles. The number of carboxylic acids is 1. The van der Waals surface area contributed by atoms with Gasteiger partial charge in [0.2, 0.25) is 5.91 Å². The van der Waals surface area contributed by atoms with Gasteiger partial charge in [0.1, 0.15) is 5.82 Å². The Hall–Kier alpha value is -2.11. The minimum absolute atomic E-state index is 0.0664. The van der Waals surface area contributed by atoms with Crippen LogP contribution in [0.15, 0.2) is 18.2 Å². The van der Waals surface area contributed by atoms with E-state index in [0.717, 1.165) is 38.8 Å². The van der Waals surface area contributed by atoms with E-state index in [4.69, 9.17) is 5.11 Å². The summed E-state index contributed by atoms with van der Waals surface area (Å²) in [5.41, 5.74) is 0.0664. The number of amides is 1. The first-order valence-electron chi connectivity index (χ1n) is 7.39. The number of piperidine rings is 1. The van der Waals surface area contributed by atoms with E-state index < -0.39 is 5.97 Å². The number of nitrogens with one attached hydrogen (secondary N) is 1. The Morgan fingerprint density at radius 1 is 1.19 bits per heavy atom. The van der Waals surface area contributed by atoms with E-state index >= 15 is 0 Å². The Bertz CT molecular complexity index is 549. The summed E-state index contributed by atoms with van der Waals surface area (Å²) in [4.78, 5) is 28.9. The fourth-order valence-corrected chi connectivity index (χ4v) is 2.64. The summed E-state index contributed by atoms with van der Waals surface area (Å²) in [6.45, 7) is 1.57. The van der Waals surface area contributed by atoms with Gasteiger partial charge in [0.15, 0.2) is 5.69 Å². The molecule has 1 saturated heterocycles. The van der Waals surface area contributed by atoms with Crippen molar-refractivity contribution in [3.05, 3.63) is 23.9 Å². The zero-order valence-corrected chi connectivity index (χ0v) is 11.8. The number of aromatic nitrogens is 1. The molecule has 1 saturated carbocycles. The van der Waals surface area contributed by atoms with Gasteiger partial charge in [0, 0.05) is 25.0 Å². The molecule has 1 aliphatic heterocycles. The Labute approximate surface area is 123 Å². The highest BCUT2D eigenvalue weighted by atomic mass is 16.4. The van der Waals surface area contributed by atoms with Gasteiger partial charge >= 0.3 is 5.97 Å². The number of carbonyl (C=O) groups excluding carboxylic acids is 1. The molecule has 0 aromatic carbocycles. The van der Waals surface area contributed by atoms with Crippen molar-refractivity contribution in [3.63, 3.8) is 0 Å². The average molecular weight is 289 g/mol. The number of carboxylic acid groups (broad SMARTS) is 1. The third kappa shape index (κ3) is 3.32. The van der Waals surface area contributed by atoms with Gasteiger partial charge in [-0.2, -0.15) is 0 Å². The van der Waals surface area contributed by atoms with E-state index in [2.05, 4.69) is 15.2 Å². The number of nitrogens with zero attached hydrogens (tertiary/aromatic N) is 2. The molecule has 1 aromatic heterocycles. The molecule has 1 amide bonds. The predicted molar refractivity (Wildman–Crippen MR) is 77.3 cm³/mol. The Kier molecular flexibility index (Phi) is 3.77. The van der Waals surface area contributed by atoms with Crippen LogP contribution in [0.1, 0.15) is 36.2 Å². The maximum Gasteiger partial charge on any atom is 0.354 e. The maximum absolute atomic E-state index is 11.7. The number of rotatable bonds is 4. The molecule has 0 atom stereocenters. The van der Waals surface area contributed by atoms with Gasteiger partial charge in [0.25, 0.3) is 0 Å². The number of anilines is 1. The summed E-state index contributed by atoms with van der Waals surface area (Å²) in [5, 5.41) is 12.1. The van der Waals surface area contributed by atoms with Gasteiger partial charge < -0.3 is 15.3 Å². The highest BCUT2D eigenvalue weighted by molar-refractivity contribution is 5.85. The van der Waals surface area contributed by atoms with E-state index in [1.54, 1.807) is 6.07 Å². The summed E-state index contributed by atoms with van der Waals surface area (Å²) in [6, 6.07) is 5.27. The van der Waals surface area contributed by atoms with Gasteiger partial charge in [-0.25, -0.2) is 9.78 Å². The summed E-state index contributed by atoms with van der Waals surface area (Å²) in [7, 11) is 0. The predicted octanol–water partition coefficient (Wildman–Crippen LogP) is 1.27. The molecule has 0 bridgehead atoms. The van der Waals surface area contributed by atoms with E-state index in [-0.39, 0.29) is 23.6 Å². The molecule has 0 unspecified atom stereocenters. The minimum Gasteiger partial charge on any atom is -0.477 e. The van der Waals surface area contributed by atoms with Crippen molar-refractivity contribution in [2.75, 3.05) is 18.0 Å². The SMILES string of the molecule is O=C(O)c1cccc(N2CCC(NC(=O)C3CC3)CC2)n1. The number of hydrogen-bond donors (Lipinski definition) is 2. The van der Waals surface area contributed by atoms with Crippen LogP contribution in [-0.4, -0.2) is 41.1 Å². The van der Waals surface area contributed by atoms with Crippen molar-refractivity contribution in [3.8, 4) is 0 Å². The van der Waals surface area contributed by atoms with E-state index in [1.807, 2.05) is 6.07 Å². The quantitative estimate of drug-likeness (QED) is 0.872. The van der Waals surface area contributed by atoms with Crippen molar-refractivity contribution in [2.45, 2.75) is 31.7 Å². The Morgan fingerprint density at radius 3 is 2.52 bits per heavy atom. The Balaban J connectivity index is 1.56. The lowest BCUT2D eigenvalue weighted by Crippen LogP contribution is -2.45. The third-order valence-electron chi connectivity index (χ3n) is 4.07. The Morgan fingerprint density at radius 2 is 1.90 bits per heavy atom. The molecule has 112 valence electrons. The molecular weight excluding hydrogens is 270 g/mol. The second kappa shape index (κ2) is 5.71. The van der Waals surface area contributed by atoms with E-state index in [9.17, 15) is 9.59 Å². The van der Waals surface area contributed by atoms with E-state index in [1.165, 1.54) is 6.07 Å². The largest absolute Gasteiger partial charge is 0.477 e. The molecule has 2 N–H and O–H groups in total. The third-order valence-corrected chi connectivity index (χ3v) is 4.07. The first-order valence-corrected chi connectivity index (χ1v) is 7.39. The molecule has 1 aromatic rings. The van der Waals surface area contributed by atoms with Crippen molar-refractivity contribution in [1.29, 1.82) is 0 Å². The zero-order chi connectivity index (χ0) is 14.8. The van der Waals surface area contributed by atoms with E-state index in [0.29, 0.717) is 5.82 Å². The van der Waals surface area contributed by atoms with Crippen LogP contribution in [0.2, 0.25) is 0 Å². The molecule has 2 fully saturated rings. The lowest BCUT2D eigenvalue weighted by Gasteiger charge is -2.33. The average Bonchev–Trinajstić information content (AvgIpc) is 3.33. The van der Waals surface area contributed by atoms with Crippen LogP contribution in [0.4, 0.5) is 5.82 Å². The van der Waals surface area contributed by atoms with Crippen LogP contribution in [-0.2, 0) is 4.79 Å². The van der Waals surface area contributed by atoms with Crippen molar-refractivity contribution < 1.29 is 14.7 Å². The molecule has 0 radical (unpaired) electrons. The molecule has 1 aliphatic carbocycles. The molecule has 3 rings (SSSR count). The summed E-state index contributed by atoms with van der Waals surface area (Å²) >= 11 is 0. The van der Waals surface area contributed by atoms with Crippen LogP contribution < -0.4 is 10.2 Å². The van der Waals surface area contributed by atoms with Gasteiger partial charge in [-0.15, -0.1) is 0 Å². The van der Waals surface area contributed by atoms with Crippen LogP contribution in [0.5, 0.6) is 0 Å². The summed E-state index contributed by atoms with van der Waals surface area (Å²) in [6.07, 6.45) is 3.79. The zero-order valence-electron chi connectivity index (χ0n) is 11.8. The number of pyridine rings is 1. The molecule has 6 heteroatoms. The normalized spacial score (nSPS) is 19.3. The van der Waals surface area contributed by atoms with Crippen LogP contribution in [0, 0.1) is 5.92 Å². The van der Waals surface area contributed by atoms with Crippen LogP contribution >= 0.6 is 0 Å². The first kappa shape index (κ1) is 13.9. The number of aromatic carboxylic acids is 1. The smallest absolute Gasteiger partial charge is 0.354 e. The molecule has 6 nitrogen and oxygen atoms in total. The standard InChI is InChI=1S/C15H19N3O3/c19-14(10-4-5-10)16-11-6-8-18(9-7-11)13-3-1-2-12(17-13)15(20)21/h1-3,10-11H,4-9H2,(H,16,19)(H,20,21). The highest BCUT2D eigenvalue weighted by Gasteiger charge is 2.31. The monoisotopic (exact) mass is 289 g/mol. The second-order valence-corrected chi connectivity index (χ2v) is 5.73. The van der Waals surface area contributed by atoms with Crippen molar-refractivity contribution in [1.82, 2.24) is 10.3 Å². The van der Waals surface area contributed by atoms with Crippen LogP contribution in [0.3, 0.4) is 0 Å². The summed E-state index contributed by atoms with van der Waals surface area (Å²) in [5.74, 6) is 0.127. The van der Waals surface area contributed by atoms with Gasteiger partial charge in [0.05, 0.1) is 0 Å². The van der Waals surface area contributed by atoms with Gasteiger partial charge in [-0.3, -0.25) is 4.79 Å². The lowest BCUT2D eigenvalue weighted by molar-refractivity contribution is -0.123. The fourth-order valence-electron chi connectivity index (χ4n) is 2.64. The van der Waals surface area contributed by atoms with Gasteiger partial charge in [-0.1, -0.05) is 6.07 Å². The molecule has 21 heavy (non-hydrogen) atoms. The van der Waals surface area contributed by atoms with Crippen LogP contribution in [0.25, 0.3) is 0 Å². The van der Waals surface area contributed by atoms with Crippen molar-refractivity contribution >= 4 is 17.7 Å². The molecule has 2 aliphatic rings. The minimum atomic E-state index is -1.01. The highest BCUT2D eigenvalue weighted by Crippen LogP contribution is 2.29. The van der Waals surface area contributed by atoms with Gasteiger partial charge in [-0.05, 0) is 37.8 Å². The van der Waals surface area contributed by atoms with Crippen molar-refractivity contribution in [2.24, 2.45) is 5.92 Å². The first-order chi connectivity index (χ1) is 10.1. The lowest BCUT2D eigenvalue weighted by atomic mass is 10.0. The molecular formula is C15H19N3O3. The maximum atomic E-state index is 11.7. The second-order valence-electron chi connectivity index (χ2n) is 5.73. The fraction of sp³-hybridized carbons (Fsp3) is 0.533. The molecule has 0 spiro atoms. The topological polar surface area (TPSA) is 82.5 Å². The summed E-state index contributed by atoms with van der Waals surface area (Å²) < 4.78 is 0.